The van der Waals surface area contributed by atoms with E-state index in [1.165, 1.54) is 6.92 Å². The van der Waals surface area contributed by atoms with Gasteiger partial charge in [-0.15, -0.1) is 0 Å². The molecule has 0 radical (unpaired) electrons. The maximum absolute atomic E-state index is 14.4. The van der Waals surface area contributed by atoms with Gasteiger partial charge in [0.05, 0.1) is 42.6 Å². The topological polar surface area (TPSA) is 140 Å². The fourth-order valence-electron chi connectivity index (χ4n) is 8.72. The van der Waals surface area contributed by atoms with Crippen molar-refractivity contribution in [1.82, 2.24) is 14.8 Å². The Balaban J connectivity index is 1.64. The minimum atomic E-state index is -1.69. The van der Waals surface area contributed by atoms with Gasteiger partial charge in [-0.2, -0.15) is 0 Å². The van der Waals surface area contributed by atoms with Gasteiger partial charge < -0.3 is 43.7 Å². The summed E-state index contributed by atoms with van der Waals surface area (Å²) in [4.78, 5) is 36.8. The second kappa shape index (κ2) is 18.5. The maximum atomic E-state index is 14.4. The fourth-order valence-corrected chi connectivity index (χ4v) is 8.72. The summed E-state index contributed by atoms with van der Waals surface area (Å²) >= 11 is 0. The summed E-state index contributed by atoms with van der Waals surface area (Å²) < 4.78 is 32.3. The molecule has 0 amide bonds. The van der Waals surface area contributed by atoms with E-state index in [0.717, 1.165) is 16.5 Å². The molecule has 3 aliphatic heterocycles. The van der Waals surface area contributed by atoms with Gasteiger partial charge in [0.1, 0.15) is 29.8 Å². The van der Waals surface area contributed by atoms with E-state index in [-0.39, 0.29) is 37.7 Å². The van der Waals surface area contributed by atoms with Gasteiger partial charge in [0.2, 0.25) is 0 Å². The number of Topliss-reactive ketones (excluding diaryl/α,β-unsaturated/α-hetero) is 1. The summed E-state index contributed by atoms with van der Waals surface area (Å²) in [6, 6.07) is 12.5. The Morgan fingerprint density at radius 2 is 1.79 bits per heavy atom. The van der Waals surface area contributed by atoms with E-state index in [4.69, 9.17) is 23.7 Å². The number of hydrogen-bond acceptors (Lipinski definition) is 12. The van der Waals surface area contributed by atoms with Crippen molar-refractivity contribution < 1.29 is 43.5 Å². The number of carbonyl (C=O) groups is 2. The highest BCUT2D eigenvalue weighted by molar-refractivity contribution is 6.00. The third-order valence-corrected chi connectivity index (χ3v) is 11.9. The fraction of sp³-hybridized carbons (Fsp3) is 0.659. The van der Waals surface area contributed by atoms with E-state index in [9.17, 15) is 19.8 Å². The minimum absolute atomic E-state index is 0.122. The first-order valence-corrected chi connectivity index (χ1v) is 20.1. The summed E-state index contributed by atoms with van der Waals surface area (Å²) in [5, 5.41) is 25.0. The van der Waals surface area contributed by atoms with Gasteiger partial charge in [-0.1, -0.05) is 51.1 Å². The number of benzene rings is 1. The van der Waals surface area contributed by atoms with Crippen LogP contribution < -0.4 is 0 Å². The van der Waals surface area contributed by atoms with Gasteiger partial charge in [0.15, 0.2) is 12.1 Å². The summed E-state index contributed by atoms with van der Waals surface area (Å²) in [7, 11) is 3.81. The van der Waals surface area contributed by atoms with E-state index in [1.54, 1.807) is 20.0 Å². The van der Waals surface area contributed by atoms with Crippen molar-refractivity contribution in [1.29, 1.82) is 0 Å². The number of fused-ring (bicyclic) bond motifs is 7. The summed E-state index contributed by atoms with van der Waals surface area (Å²) in [5.41, 5.74) is -1.22. The Morgan fingerprint density at radius 1 is 1.07 bits per heavy atom. The number of aliphatic hydroxyl groups is 2. The lowest BCUT2D eigenvalue weighted by Gasteiger charge is -2.47. The molecule has 2 bridgehead atoms. The van der Waals surface area contributed by atoms with Crippen molar-refractivity contribution in [2.45, 2.75) is 135 Å². The Kier molecular flexibility index (Phi) is 14.4. The molecule has 0 aliphatic carbocycles. The molecule has 0 saturated carbocycles. The quantitative estimate of drug-likeness (QED) is 0.192. The van der Waals surface area contributed by atoms with Crippen LogP contribution in [0.15, 0.2) is 48.7 Å². The van der Waals surface area contributed by atoms with Gasteiger partial charge in [-0.25, -0.2) is 0 Å². The second-order valence-corrected chi connectivity index (χ2v) is 16.8. The second-order valence-electron chi connectivity index (χ2n) is 16.8. The number of rotatable bonds is 4. The molecule has 1 aromatic carbocycles. The number of likely N-dealkylation sites (N-methyl/N-ethyl adjacent to an activating group) is 1. The van der Waals surface area contributed by atoms with Crippen molar-refractivity contribution in [2.24, 2.45) is 17.8 Å². The number of ether oxygens (including phenoxy) is 5. The van der Waals surface area contributed by atoms with E-state index in [2.05, 4.69) is 23.9 Å². The molecule has 4 heterocycles. The van der Waals surface area contributed by atoms with Crippen LogP contribution in [0.25, 0.3) is 10.9 Å². The number of aliphatic hydroxyl groups excluding tert-OH is 1. The van der Waals surface area contributed by atoms with Crippen LogP contribution in [0.1, 0.15) is 80.2 Å². The zero-order valence-corrected chi connectivity index (χ0v) is 34.8. The molecule has 13 atom stereocenters. The van der Waals surface area contributed by atoms with Crippen LogP contribution in [0.4, 0.5) is 0 Å². The SMILES string of the molecule is CC[C@H]1OC(=O)C(C)C(=O)[C@H](C)[C@@H](O[C@@H]2O[C@H](C)C[C@H](N(C)C)[C@H]2O)[C@@]2(C)C[C@@H](C)CN(C#Cc3cnc4ccccc4c3)[C@H](C)[C@@H](OC/C=C\CO2)[C@]1(C)O. The van der Waals surface area contributed by atoms with Crippen LogP contribution >= 0.6 is 0 Å². The average Bonchev–Trinajstić information content (AvgIpc) is 3.16. The van der Waals surface area contributed by atoms with E-state index < -0.39 is 71.5 Å². The first-order valence-electron chi connectivity index (χ1n) is 20.1. The lowest BCUT2D eigenvalue weighted by molar-refractivity contribution is -0.296. The third-order valence-electron chi connectivity index (χ3n) is 11.9. The number of cyclic esters (lactones) is 1. The summed E-state index contributed by atoms with van der Waals surface area (Å²) in [6.07, 6.45) is 1.53. The molecule has 3 aliphatic rings. The van der Waals surface area contributed by atoms with Crippen LogP contribution in [0.5, 0.6) is 0 Å². The van der Waals surface area contributed by atoms with Crippen molar-refractivity contribution in [3.05, 3.63) is 54.2 Å². The van der Waals surface area contributed by atoms with Crippen LogP contribution in [0.3, 0.4) is 0 Å². The number of ketones is 1. The molecule has 2 N–H and O–H groups in total. The Bertz CT molecular complexity index is 1760. The Labute approximate surface area is 332 Å². The molecular weight excluding hydrogens is 714 g/mol. The predicted octanol–water partition coefficient (Wildman–Crippen LogP) is 4.73. The van der Waals surface area contributed by atoms with Gasteiger partial charge in [-0.05, 0) is 91.9 Å². The monoisotopic (exact) mass is 777 g/mol. The largest absolute Gasteiger partial charge is 0.459 e. The standard InChI is InChI=1S/C44H63N3O9/c1-11-36-44(8,51)40-31(6)47(19-18-32-23-33-16-12-13-17-34(33)45-25-32)26-27(2)24-43(7,53-21-15-14-20-52-40)39(29(4)37(48)30(5)41(50)55-36)56-42-38(49)35(46(9)10)22-28(3)54-42/h12-17,23,25,27-31,35-36,38-40,42,49,51H,11,20-22,24,26H2,1-10H3/b15-14-/t27-,28-,29+,30?,31-,35+,36-,38-,39-,40-,42+,43-,44-/m1/s1. The van der Waals surface area contributed by atoms with Gasteiger partial charge >= 0.3 is 5.97 Å². The number of nitrogens with zero attached hydrogens (tertiary/aromatic N) is 3. The number of aromatic nitrogens is 1. The Morgan fingerprint density at radius 3 is 2.50 bits per heavy atom. The molecule has 1 aromatic heterocycles. The van der Waals surface area contributed by atoms with E-state index >= 15 is 0 Å². The lowest BCUT2D eigenvalue weighted by atomic mass is 9.78. The number of carbonyl (C=O) groups excluding carboxylic acids is 2. The molecule has 2 saturated heterocycles. The highest BCUT2D eigenvalue weighted by Gasteiger charge is 2.51. The molecular formula is C44H63N3O9. The number of esters is 1. The van der Waals surface area contributed by atoms with E-state index in [0.29, 0.717) is 19.4 Å². The van der Waals surface area contributed by atoms with Crippen molar-refractivity contribution in [2.75, 3.05) is 33.9 Å². The molecule has 5 rings (SSSR count). The first-order chi connectivity index (χ1) is 26.5. The molecule has 2 aromatic rings. The normalized spacial score (nSPS) is 38.6. The van der Waals surface area contributed by atoms with Crippen LogP contribution in [-0.4, -0.2) is 131 Å². The molecule has 0 spiro atoms. The average molecular weight is 778 g/mol. The van der Waals surface area contributed by atoms with Crippen LogP contribution in [0, 0.1) is 29.7 Å². The zero-order chi connectivity index (χ0) is 40.9. The zero-order valence-electron chi connectivity index (χ0n) is 34.8. The molecule has 12 heteroatoms. The smallest absolute Gasteiger partial charge is 0.316 e. The molecule has 2 fully saturated rings. The maximum Gasteiger partial charge on any atom is 0.316 e. The molecule has 308 valence electrons. The highest BCUT2D eigenvalue weighted by Crippen LogP contribution is 2.38. The molecule has 56 heavy (non-hydrogen) atoms. The minimum Gasteiger partial charge on any atom is -0.459 e. The number of hydrogen-bond donors (Lipinski definition) is 2. The highest BCUT2D eigenvalue weighted by atomic mass is 16.7. The van der Waals surface area contributed by atoms with E-state index in [1.807, 2.05) is 94.1 Å². The third kappa shape index (κ3) is 9.81. The van der Waals surface area contributed by atoms with Crippen molar-refractivity contribution in [3.63, 3.8) is 0 Å². The molecule has 1 unspecified atom stereocenters. The van der Waals surface area contributed by atoms with Gasteiger partial charge in [0, 0.05) is 41.7 Å². The summed E-state index contributed by atoms with van der Waals surface area (Å²) in [5.74, 6) is -0.0570. The number of pyridine rings is 1. The van der Waals surface area contributed by atoms with Gasteiger partial charge in [0.25, 0.3) is 0 Å². The lowest BCUT2D eigenvalue weighted by Crippen LogP contribution is -2.60. The first kappa shape index (κ1) is 43.7. The van der Waals surface area contributed by atoms with Gasteiger partial charge in [-0.3, -0.25) is 14.6 Å². The van der Waals surface area contributed by atoms with Crippen molar-refractivity contribution in [3.8, 4) is 12.0 Å². The molecule has 12 nitrogen and oxygen atoms in total. The Hall–Kier alpha value is -3.41. The van der Waals surface area contributed by atoms with Crippen LogP contribution in [0.2, 0.25) is 0 Å². The van der Waals surface area contributed by atoms with Crippen molar-refractivity contribution >= 4 is 22.7 Å². The number of para-hydroxylation sites is 1. The summed E-state index contributed by atoms with van der Waals surface area (Å²) in [6.45, 7) is 15.3. The predicted molar refractivity (Wildman–Crippen MR) is 213 cm³/mol. The van der Waals surface area contributed by atoms with Crippen LogP contribution in [-0.2, 0) is 33.3 Å².